The van der Waals surface area contributed by atoms with Gasteiger partial charge in [-0.15, -0.1) is 5.10 Å². The molecule has 0 radical (unpaired) electrons. The van der Waals surface area contributed by atoms with Crippen LogP contribution >= 0.6 is 23.2 Å². The Morgan fingerprint density at radius 1 is 1.18 bits per heavy atom. The number of halogens is 2. The van der Waals surface area contributed by atoms with Gasteiger partial charge in [-0.3, -0.25) is 4.98 Å². The van der Waals surface area contributed by atoms with Gasteiger partial charge in [-0.1, -0.05) is 67.4 Å². The summed E-state index contributed by atoms with van der Waals surface area (Å²) in [5, 5.41) is 27.7. The van der Waals surface area contributed by atoms with Crippen LogP contribution in [0.2, 0.25) is 10.0 Å². The van der Waals surface area contributed by atoms with E-state index in [0.29, 0.717) is 50.6 Å². The first kappa shape index (κ1) is 27.0. The second kappa shape index (κ2) is 10.2. The standard InChI is InChI=1S/C29H31Cl2N7O/c1-28(2,3)16-34-23-17(14-32)15-33-24-20(23)12-18(13-22(24)31)35-25(19-8-6-7-9-21(19)30)26-27(39-5)38(37-36-26)29(4)10-11-29/h6-9,12-13,15,25,35H,10-11,16H2,1-5H3,(H,33,34). The predicted octanol–water partition coefficient (Wildman–Crippen LogP) is 7.18. The lowest BCUT2D eigenvalue weighted by Crippen LogP contribution is -2.20. The summed E-state index contributed by atoms with van der Waals surface area (Å²) in [5.74, 6) is 0.584. The van der Waals surface area contributed by atoms with Crippen molar-refractivity contribution in [2.75, 3.05) is 24.3 Å². The van der Waals surface area contributed by atoms with E-state index in [-0.39, 0.29) is 11.0 Å². The quantitative estimate of drug-likeness (QED) is 0.234. The van der Waals surface area contributed by atoms with E-state index >= 15 is 0 Å². The van der Waals surface area contributed by atoms with Crippen LogP contribution in [0.5, 0.6) is 5.88 Å². The Balaban J connectivity index is 1.64. The van der Waals surface area contributed by atoms with E-state index in [1.54, 1.807) is 13.3 Å². The number of rotatable bonds is 8. The molecule has 8 nitrogen and oxygen atoms in total. The molecular formula is C29H31Cl2N7O. The fourth-order valence-corrected chi connectivity index (χ4v) is 5.06. The molecule has 2 aromatic carbocycles. The summed E-state index contributed by atoms with van der Waals surface area (Å²) in [6.45, 7) is 9.20. The third-order valence-corrected chi connectivity index (χ3v) is 7.61. The second-order valence-electron chi connectivity index (χ2n) is 11.4. The minimum absolute atomic E-state index is 0.00228. The molecule has 4 aromatic rings. The van der Waals surface area contributed by atoms with Crippen molar-refractivity contribution in [3.05, 3.63) is 69.5 Å². The lowest BCUT2D eigenvalue weighted by molar-refractivity contribution is 0.324. The highest BCUT2D eigenvalue weighted by atomic mass is 35.5. The van der Waals surface area contributed by atoms with Gasteiger partial charge in [-0.05, 0) is 48.9 Å². The number of nitriles is 1. The first-order chi connectivity index (χ1) is 18.5. The van der Waals surface area contributed by atoms with E-state index in [1.807, 2.05) is 41.1 Å². The van der Waals surface area contributed by atoms with Crippen LogP contribution in [0.3, 0.4) is 0 Å². The Morgan fingerprint density at radius 2 is 1.92 bits per heavy atom. The van der Waals surface area contributed by atoms with Crippen LogP contribution in [0.25, 0.3) is 10.9 Å². The summed E-state index contributed by atoms with van der Waals surface area (Å²) in [6.07, 6.45) is 3.57. The summed E-state index contributed by atoms with van der Waals surface area (Å²) in [6, 6.07) is 13.1. The van der Waals surface area contributed by atoms with Crippen LogP contribution in [0.1, 0.15) is 63.4 Å². The Labute approximate surface area is 238 Å². The molecule has 1 aliphatic carbocycles. The topological polar surface area (TPSA) is 101 Å². The molecule has 202 valence electrons. The summed E-state index contributed by atoms with van der Waals surface area (Å²) in [7, 11) is 1.63. The highest BCUT2D eigenvalue weighted by molar-refractivity contribution is 6.36. The molecule has 0 saturated heterocycles. The van der Waals surface area contributed by atoms with Gasteiger partial charge in [0.15, 0.2) is 5.69 Å². The van der Waals surface area contributed by atoms with Crippen molar-refractivity contribution in [2.45, 2.75) is 52.1 Å². The zero-order chi connectivity index (χ0) is 27.9. The molecule has 0 bridgehead atoms. The minimum atomic E-state index is -0.489. The molecule has 39 heavy (non-hydrogen) atoms. The molecule has 5 rings (SSSR count). The SMILES string of the molecule is COc1c(C(Nc2cc(Cl)c3ncc(C#N)c(NCC(C)(C)C)c3c2)c2ccccc2Cl)nnn1C1(C)CC1. The molecule has 1 atom stereocenters. The van der Waals surface area contributed by atoms with Crippen LogP contribution in [0.15, 0.2) is 42.6 Å². The summed E-state index contributed by atoms with van der Waals surface area (Å²) < 4.78 is 7.70. The van der Waals surface area contributed by atoms with E-state index in [4.69, 9.17) is 27.9 Å². The van der Waals surface area contributed by atoms with Crippen molar-refractivity contribution >= 4 is 45.5 Å². The van der Waals surface area contributed by atoms with Crippen molar-refractivity contribution in [1.29, 1.82) is 5.26 Å². The van der Waals surface area contributed by atoms with Crippen molar-refractivity contribution in [3.8, 4) is 11.9 Å². The molecule has 0 amide bonds. The lowest BCUT2D eigenvalue weighted by atomic mass is 9.96. The zero-order valence-electron chi connectivity index (χ0n) is 22.6. The largest absolute Gasteiger partial charge is 0.480 e. The third kappa shape index (κ3) is 5.34. The van der Waals surface area contributed by atoms with Gasteiger partial charge < -0.3 is 15.4 Å². The molecule has 1 fully saturated rings. The Kier molecular flexibility index (Phi) is 7.08. The average molecular weight is 565 g/mol. The Morgan fingerprint density at radius 3 is 2.56 bits per heavy atom. The normalized spacial score (nSPS) is 15.0. The van der Waals surface area contributed by atoms with E-state index in [2.05, 4.69) is 59.7 Å². The molecule has 1 aliphatic rings. The third-order valence-electron chi connectivity index (χ3n) is 6.97. The van der Waals surface area contributed by atoms with E-state index in [0.717, 1.165) is 23.8 Å². The number of hydrogen-bond acceptors (Lipinski definition) is 7. The Hall–Kier alpha value is -3.54. The van der Waals surface area contributed by atoms with E-state index < -0.39 is 6.04 Å². The molecule has 2 N–H and O–H groups in total. The Bertz CT molecular complexity index is 1580. The van der Waals surface area contributed by atoms with Gasteiger partial charge in [0.25, 0.3) is 0 Å². The number of hydrogen-bond donors (Lipinski definition) is 2. The molecular weight excluding hydrogens is 533 g/mol. The van der Waals surface area contributed by atoms with Gasteiger partial charge in [0.2, 0.25) is 5.88 Å². The van der Waals surface area contributed by atoms with Gasteiger partial charge in [0, 0.05) is 28.8 Å². The van der Waals surface area contributed by atoms with Crippen LogP contribution < -0.4 is 15.4 Å². The van der Waals surface area contributed by atoms with E-state index in [9.17, 15) is 5.26 Å². The minimum Gasteiger partial charge on any atom is -0.480 e. The number of benzene rings is 2. The number of aromatic nitrogens is 4. The molecule has 2 aromatic heterocycles. The molecule has 0 spiro atoms. The van der Waals surface area contributed by atoms with Crippen molar-refractivity contribution < 1.29 is 4.74 Å². The fourth-order valence-electron chi connectivity index (χ4n) is 4.54. The number of methoxy groups -OCH3 is 1. The molecule has 1 unspecified atom stereocenters. The first-order valence-electron chi connectivity index (χ1n) is 12.8. The molecule has 0 aliphatic heterocycles. The van der Waals surface area contributed by atoms with Crippen molar-refractivity contribution in [2.24, 2.45) is 5.41 Å². The lowest BCUT2D eigenvalue weighted by Gasteiger charge is -2.23. The smallest absolute Gasteiger partial charge is 0.238 e. The number of fused-ring (bicyclic) bond motifs is 1. The number of anilines is 2. The van der Waals surface area contributed by atoms with Crippen LogP contribution in [-0.2, 0) is 5.54 Å². The number of nitrogens with one attached hydrogen (secondary N) is 2. The summed E-state index contributed by atoms with van der Waals surface area (Å²) >= 11 is 13.5. The average Bonchev–Trinajstić information content (AvgIpc) is 3.49. The van der Waals surface area contributed by atoms with Gasteiger partial charge in [0.05, 0.1) is 34.4 Å². The second-order valence-corrected chi connectivity index (χ2v) is 12.2. The van der Waals surface area contributed by atoms with Crippen LogP contribution in [0, 0.1) is 16.7 Å². The van der Waals surface area contributed by atoms with Gasteiger partial charge in [-0.25, -0.2) is 4.68 Å². The highest BCUT2D eigenvalue weighted by Gasteiger charge is 2.44. The molecule has 10 heteroatoms. The number of nitrogens with zero attached hydrogens (tertiary/aromatic N) is 5. The summed E-state index contributed by atoms with van der Waals surface area (Å²) in [4.78, 5) is 4.48. The van der Waals surface area contributed by atoms with Gasteiger partial charge in [-0.2, -0.15) is 5.26 Å². The number of pyridine rings is 1. The van der Waals surface area contributed by atoms with Crippen LogP contribution in [-0.4, -0.2) is 33.6 Å². The fraction of sp³-hybridized carbons (Fsp3) is 0.379. The van der Waals surface area contributed by atoms with Gasteiger partial charge in [0.1, 0.15) is 12.1 Å². The van der Waals surface area contributed by atoms with Crippen molar-refractivity contribution in [1.82, 2.24) is 20.0 Å². The zero-order valence-corrected chi connectivity index (χ0v) is 24.2. The van der Waals surface area contributed by atoms with E-state index in [1.165, 1.54) is 0 Å². The van der Waals surface area contributed by atoms with Gasteiger partial charge >= 0.3 is 0 Å². The number of ether oxygens (including phenoxy) is 1. The van der Waals surface area contributed by atoms with Crippen molar-refractivity contribution in [3.63, 3.8) is 0 Å². The first-order valence-corrected chi connectivity index (χ1v) is 13.6. The highest BCUT2D eigenvalue weighted by Crippen LogP contribution is 2.47. The molecule has 1 saturated carbocycles. The monoisotopic (exact) mass is 563 g/mol. The maximum absolute atomic E-state index is 9.83. The maximum Gasteiger partial charge on any atom is 0.238 e. The van der Waals surface area contributed by atoms with Crippen LogP contribution in [0.4, 0.5) is 11.4 Å². The predicted molar refractivity (Wildman–Crippen MR) is 156 cm³/mol. The maximum atomic E-state index is 9.83. The summed E-state index contributed by atoms with van der Waals surface area (Å²) in [5.41, 5.74) is 3.78. The molecule has 2 heterocycles.